The molecule has 0 N–H and O–H groups in total. The maximum absolute atomic E-state index is 10.9. The van der Waals surface area contributed by atoms with Gasteiger partial charge in [-0.25, -0.2) is 4.98 Å². The summed E-state index contributed by atoms with van der Waals surface area (Å²) < 4.78 is 0. The maximum atomic E-state index is 10.9. The highest BCUT2D eigenvalue weighted by atomic mass is 32.2. The molecule has 0 radical (unpaired) electrons. The monoisotopic (exact) mass is 258 g/mol. The Hall–Kier alpha value is -0.550. The van der Waals surface area contributed by atoms with Crippen LogP contribution in [-0.2, 0) is 6.42 Å². The van der Waals surface area contributed by atoms with E-state index >= 15 is 0 Å². The maximum Gasteiger partial charge on any atom is 0.186 e. The molecule has 0 spiro atoms. The van der Waals surface area contributed by atoms with Gasteiger partial charge in [-0.3, -0.25) is 4.79 Å². The van der Waals surface area contributed by atoms with E-state index in [-0.39, 0.29) is 0 Å². The average molecular weight is 258 g/mol. The van der Waals surface area contributed by atoms with Crippen LogP contribution in [0.25, 0.3) is 0 Å². The minimum absolute atomic E-state index is 0.436. The van der Waals surface area contributed by atoms with Crippen LogP contribution in [0, 0.1) is 0 Å². The summed E-state index contributed by atoms with van der Waals surface area (Å²) in [4.78, 5) is 18.3. The first kappa shape index (κ1) is 13.5. The van der Waals surface area contributed by atoms with Crippen LogP contribution < -0.4 is 4.90 Å². The van der Waals surface area contributed by atoms with E-state index in [2.05, 4.69) is 23.1 Å². The number of carbonyl (C=O) groups excluding carboxylic acids is 1. The molecule has 0 aliphatic rings. The lowest BCUT2D eigenvalue weighted by molar-refractivity contribution is 0.112. The Balaban J connectivity index is 2.86. The van der Waals surface area contributed by atoms with Crippen LogP contribution in [0.4, 0.5) is 5.13 Å². The highest BCUT2D eigenvalue weighted by Gasteiger charge is 2.16. The normalized spacial score (nSPS) is 12.5. The largest absolute Gasteiger partial charge is 0.348 e. The third-order valence-corrected chi connectivity index (χ3v) is 4.46. The fourth-order valence-corrected chi connectivity index (χ4v) is 3.13. The fourth-order valence-electron chi connectivity index (χ4n) is 1.39. The standard InChI is InChI=1S/C11H18N2OS2/c1-5-9-10(6-14)16-11(12-9)13(3)8(2)7-15-4/h6,8H,5,7H2,1-4H3. The highest BCUT2D eigenvalue weighted by Crippen LogP contribution is 2.26. The number of thiazole rings is 1. The molecule has 90 valence electrons. The number of carbonyl (C=O) groups is 1. The summed E-state index contributed by atoms with van der Waals surface area (Å²) in [5, 5.41) is 0.945. The Morgan fingerprint density at radius 1 is 1.62 bits per heavy atom. The first-order valence-electron chi connectivity index (χ1n) is 5.30. The van der Waals surface area contributed by atoms with Crippen LogP contribution in [0.3, 0.4) is 0 Å². The highest BCUT2D eigenvalue weighted by molar-refractivity contribution is 7.98. The number of anilines is 1. The second-order valence-electron chi connectivity index (χ2n) is 3.69. The number of thioether (sulfide) groups is 1. The van der Waals surface area contributed by atoms with Crippen LogP contribution in [0.15, 0.2) is 0 Å². The first-order chi connectivity index (χ1) is 7.63. The smallest absolute Gasteiger partial charge is 0.186 e. The fraction of sp³-hybridized carbons (Fsp3) is 0.636. The predicted octanol–water partition coefficient (Wildman–Crippen LogP) is 2.71. The average Bonchev–Trinajstić information content (AvgIpc) is 2.71. The number of aryl methyl sites for hydroxylation is 1. The van der Waals surface area contributed by atoms with Crippen LogP contribution in [0.2, 0.25) is 0 Å². The first-order valence-corrected chi connectivity index (χ1v) is 7.51. The lowest BCUT2D eigenvalue weighted by atomic mass is 10.3. The molecule has 1 heterocycles. The zero-order chi connectivity index (χ0) is 12.1. The number of hydrogen-bond acceptors (Lipinski definition) is 5. The van der Waals surface area contributed by atoms with Gasteiger partial charge in [-0.05, 0) is 19.6 Å². The summed E-state index contributed by atoms with van der Waals surface area (Å²) in [6.45, 7) is 4.20. The van der Waals surface area contributed by atoms with E-state index in [0.717, 1.165) is 34.2 Å². The lowest BCUT2D eigenvalue weighted by Crippen LogP contribution is -2.30. The van der Waals surface area contributed by atoms with Crippen molar-refractivity contribution in [3.8, 4) is 0 Å². The minimum Gasteiger partial charge on any atom is -0.348 e. The molecule has 0 saturated carbocycles. The molecule has 1 aromatic rings. The van der Waals surface area contributed by atoms with Crippen LogP contribution in [0.1, 0.15) is 29.2 Å². The molecule has 0 bridgehead atoms. The van der Waals surface area contributed by atoms with Gasteiger partial charge in [0.2, 0.25) is 0 Å². The SMILES string of the molecule is CCc1nc(N(C)C(C)CSC)sc1C=O. The van der Waals surface area contributed by atoms with Gasteiger partial charge in [-0.15, -0.1) is 0 Å². The van der Waals surface area contributed by atoms with Crippen molar-refractivity contribution in [3.05, 3.63) is 10.6 Å². The molecule has 1 unspecified atom stereocenters. The van der Waals surface area contributed by atoms with E-state index in [1.807, 2.05) is 25.7 Å². The second kappa shape index (κ2) is 6.25. The van der Waals surface area contributed by atoms with Crippen LogP contribution >= 0.6 is 23.1 Å². The molecule has 0 aromatic carbocycles. The molecule has 5 heteroatoms. The van der Waals surface area contributed by atoms with Crippen molar-refractivity contribution in [2.45, 2.75) is 26.3 Å². The predicted molar refractivity (Wildman–Crippen MR) is 73.1 cm³/mol. The number of hydrogen-bond donors (Lipinski definition) is 0. The zero-order valence-electron chi connectivity index (χ0n) is 10.2. The van der Waals surface area contributed by atoms with Gasteiger partial charge < -0.3 is 4.90 Å². The summed E-state index contributed by atoms with van der Waals surface area (Å²) in [5.74, 6) is 1.06. The van der Waals surface area contributed by atoms with E-state index in [0.29, 0.717) is 6.04 Å². The van der Waals surface area contributed by atoms with E-state index in [9.17, 15) is 4.79 Å². The molecule has 0 aliphatic heterocycles. The van der Waals surface area contributed by atoms with Gasteiger partial charge in [-0.1, -0.05) is 18.3 Å². The Labute approximate surface area is 105 Å². The van der Waals surface area contributed by atoms with Gasteiger partial charge in [0.25, 0.3) is 0 Å². The second-order valence-corrected chi connectivity index (χ2v) is 5.61. The number of aldehydes is 1. The summed E-state index contributed by atoms with van der Waals surface area (Å²) >= 11 is 3.30. The molecular weight excluding hydrogens is 240 g/mol. The van der Waals surface area contributed by atoms with Crippen molar-refractivity contribution in [1.29, 1.82) is 0 Å². The Kier molecular flexibility index (Phi) is 5.28. The van der Waals surface area contributed by atoms with E-state index in [4.69, 9.17) is 0 Å². The van der Waals surface area contributed by atoms with Gasteiger partial charge in [0.1, 0.15) is 0 Å². The van der Waals surface area contributed by atoms with Crippen LogP contribution in [0.5, 0.6) is 0 Å². The topological polar surface area (TPSA) is 33.2 Å². The molecule has 0 saturated heterocycles. The quantitative estimate of drug-likeness (QED) is 0.735. The zero-order valence-corrected chi connectivity index (χ0v) is 11.8. The molecule has 0 amide bonds. The van der Waals surface area contributed by atoms with Gasteiger partial charge >= 0.3 is 0 Å². The molecule has 16 heavy (non-hydrogen) atoms. The Bertz CT molecular complexity index is 352. The van der Waals surface area contributed by atoms with Gasteiger partial charge in [-0.2, -0.15) is 11.8 Å². The Morgan fingerprint density at radius 3 is 2.75 bits per heavy atom. The van der Waals surface area contributed by atoms with Gasteiger partial charge in [0, 0.05) is 18.8 Å². The van der Waals surface area contributed by atoms with Crippen molar-refractivity contribution in [2.24, 2.45) is 0 Å². The number of aromatic nitrogens is 1. The van der Waals surface area contributed by atoms with E-state index in [1.54, 1.807) is 0 Å². The van der Waals surface area contributed by atoms with Crippen molar-refractivity contribution >= 4 is 34.5 Å². The third kappa shape index (κ3) is 2.98. The molecular formula is C11H18N2OS2. The summed E-state index contributed by atoms with van der Waals surface area (Å²) in [5.41, 5.74) is 0.915. The Morgan fingerprint density at radius 2 is 2.31 bits per heavy atom. The van der Waals surface area contributed by atoms with Gasteiger partial charge in [0.15, 0.2) is 11.4 Å². The third-order valence-electron chi connectivity index (χ3n) is 2.53. The van der Waals surface area contributed by atoms with E-state index < -0.39 is 0 Å². The molecule has 1 atom stereocenters. The van der Waals surface area contributed by atoms with Crippen molar-refractivity contribution in [1.82, 2.24) is 4.98 Å². The number of rotatable bonds is 6. The van der Waals surface area contributed by atoms with Crippen LogP contribution in [-0.4, -0.2) is 36.4 Å². The van der Waals surface area contributed by atoms with Crippen molar-refractivity contribution < 1.29 is 4.79 Å². The van der Waals surface area contributed by atoms with Crippen molar-refractivity contribution in [3.63, 3.8) is 0 Å². The van der Waals surface area contributed by atoms with Gasteiger partial charge in [0.05, 0.1) is 10.6 Å². The molecule has 0 fully saturated rings. The lowest BCUT2D eigenvalue weighted by Gasteiger charge is -2.23. The summed E-state index contributed by atoms with van der Waals surface area (Å²) in [7, 11) is 2.04. The van der Waals surface area contributed by atoms with E-state index in [1.165, 1.54) is 11.3 Å². The molecule has 1 aromatic heterocycles. The molecule has 1 rings (SSSR count). The van der Waals surface area contributed by atoms with Crippen molar-refractivity contribution in [2.75, 3.05) is 24.0 Å². The molecule has 3 nitrogen and oxygen atoms in total. The summed E-state index contributed by atoms with van der Waals surface area (Å²) in [6.07, 6.45) is 3.82. The summed E-state index contributed by atoms with van der Waals surface area (Å²) in [6, 6.07) is 0.436. The minimum atomic E-state index is 0.436. The number of nitrogens with zero attached hydrogens (tertiary/aromatic N) is 2. The molecule has 0 aliphatic carbocycles.